The van der Waals surface area contributed by atoms with E-state index < -0.39 is 0 Å². The summed E-state index contributed by atoms with van der Waals surface area (Å²) in [4.78, 5) is 0. The van der Waals surface area contributed by atoms with Crippen LogP contribution in [0.25, 0.3) is 0 Å². The Morgan fingerprint density at radius 2 is 2.20 bits per heavy atom. The highest BCUT2D eigenvalue weighted by Gasteiger charge is 2.35. The summed E-state index contributed by atoms with van der Waals surface area (Å²) in [5.74, 6) is 7.45. The molecule has 0 aromatic heterocycles. The van der Waals surface area contributed by atoms with Crippen molar-refractivity contribution in [3.63, 3.8) is 0 Å². The van der Waals surface area contributed by atoms with E-state index in [1.54, 1.807) is 0 Å². The third-order valence-electron chi connectivity index (χ3n) is 3.58. The SMILES string of the molecule is CC1(C#CCC2CCCCC2)C=C1C=N. The molecule has 0 radical (unpaired) electrons. The lowest BCUT2D eigenvalue weighted by molar-refractivity contribution is 0.365. The molecule has 1 saturated carbocycles. The van der Waals surface area contributed by atoms with Crippen molar-refractivity contribution < 1.29 is 0 Å². The van der Waals surface area contributed by atoms with Gasteiger partial charge in [0.1, 0.15) is 0 Å². The molecule has 0 bridgehead atoms. The van der Waals surface area contributed by atoms with Gasteiger partial charge in [-0.1, -0.05) is 31.3 Å². The van der Waals surface area contributed by atoms with E-state index in [1.165, 1.54) is 38.3 Å². The average Bonchev–Trinajstić information content (AvgIpc) is 2.91. The van der Waals surface area contributed by atoms with Crippen molar-refractivity contribution in [2.45, 2.75) is 45.4 Å². The van der Waals surface area contributed by atoms with Crippen LogP contribution >= 0.6 is 0 Å². The van der Waals surface area contributed by atoms with Gasteiger partial charge in [-0.05, 0) is 31.3 Å². The van der Waals surface area contributed by atoms with Crippen molar-refractivity contribution in [1.82, 2.24) is 0 Å². The first kappa shape index (κ1) is 10.5. The fraction of sp³-hybridized carbons (Fsp3) is 0.643. The van der Waals surface area contributed by atoms with Crippen LogP contribution in [0.2, 0.25) is 0 Å². The molecule has 0 spiro atoms. The monoisotopic (exact) mass is 201 g/mol. The summed E-state index contributed by atoms with van der Waals surface area (Å²) in [6, 6.07) is 0. The number of hydrogen-bond acceptors (Lipinski definition) is 1. The zero-order valence-electron chi connectivity index (χ0n) is 9.47. The molecule has 2 aliphatic rings. The second-order valence-electron chi connectivity index (χ2n) is 4.96. The van der Waals surface area contributed by atoms with Crippen LogP contribution in [0.4, 0.5) is 0 Å². The van der Waals surface area contributed by atoms with Crippen LogP contribution in [-0.2, 0) is 0 Å². The van der Waals surface area contributed by atoms with Crippen LogP contribution < -0.4 is 0 Å². The molecule has 15 heavy (non-hydrogen) atoms. The molecule has 1 heteroatoms. The molecule has 1 nitrogen and oxygen atoms in total. The lowest BCUT2D eigenvalue weighted by atomic mass is 9.87. The molecule has 1 N–H and O–H groups in total. The van der Waals surface area contributed by atoms with Gasteiger partial charge in [-0.25, -0.2) is 0 Å². The Balaban J connectivity index is 1.78. The maximum Gasteiger partial charge on any atom is 0.0733 e. The molecule has 0 aromatic rings. The predicted molar refractivity (Wildman–Crippen MR) is 63.9 cm³/mol. The van der Waals surface area contributed by atoms with E-state index in [4.69, 9.17) is 5.41 Å². The molecular weight excluding hydrogens is 182 g/mol. The van der Waals surface area contributed by atoms with Crippen molar-refractivity contribution in [1.29, 1.82) is 5.41 Å². The quantitative estimate of drug-likeness (QED) is 0.522. The summed E-state index contributed by atoms with van der Waals surface area (Å²) >= 11 is 0. The van der Waals surface area contributed by atoms with E-state index in [-0.39, 0.29) is 5.41 Å². The van der Waals surface area contributed by atoms with E-state index in [0.717, 1.165) is 17.9 Å². The Kier molecular flexibility index (Phi) is 2.95. The largest absolute Gasteiger partial charge is 0.308 e. The molecule has 0 aliphatic heterocycles. The van der Waals surface area contributed by atoms with Crippen LogP contribution in [0.15, 0.2) is 11.6 Å². The van der Waals surface area contributed by atoms with Crippen LogP contribution in [0.3, 0.4) is 0 Å². The van der Waals surface area contributed by atoms with Crippen LogP contribution in [0, 0.1) is 28.6 Å². The van der Waals surface area contributed by atoms with Gasteiger partial charge in [0.2, 0.25) is 0 Å². The number of rotatable bonds is 2. The number of hydrogen-bond donors (Lipinski definition) is 1. The van der Waals surface area contributed by atoms with Gasteiger partial charge in [-0.3, -0.25) is 0 Å². The van der Waals surface area contributed by atoms with Gasteiger partial charge in [0.25, 0.3) is 0 Å². The van der Waals surface area contributed by atoms with E-state index in [1.807, 2.05) is 0 Å². The summed E-state index contributed by atoms with van der Waals surface area (Å²) in [7, 11) is 0. The van der Waals surface area contributed by atoms with E-state index >= 15 is 0 Å². The highest BCUT2D eigenvalue weighted by atomic mass is 14.4. The molecule has 0 amide bonds. The molecule has 1 fully saturated rings. The van der Waals surface area contributed by atoms with Gasteiger partial charge in [-0.15, -0.1) is 5.92 Å². The Hall–Kier alpha value is -1.03. The van der Waals surface area contributed by atoms with Crippen LogP contribution in [0.1, 0.15) is 45.4 Å². The van der Waals surface area contributed by atoms with E-state index in [0.29, 0.717) is 0 Å². The maximum atomic E-state index is 7.15. The van der Waals surface area contributed by atoms with Gasteiger partial charge in [-0.2, -0.15) is 0 Å². The Bertz CT molecular complexity index is 336. The van der Waals surface area contributed by atoms with Crippen LogP contribution in [-0.4, -0.2) is 6.21 Å². The van der Waals surface area contributed by atoms with Crippen LogP contribution in [0.5, 0.6) is 0 Å². The van der Waals surface area contributed by atoms with Crippen molar-refractivity contribution in [2.24, 2.45) is 11.3 Å². The molecule has 80 valence electrons. The maximum absolute atomic E-state index is 7.15. The Labute approximate surface area is 92.5 Å². The topological polar surface area (TPSA) is 23.9 Å². The third-order valence-corrected chi connectivity index (χ3v) is 3.58. The summed E-state index contributed by atoms with van der Waals surface area (Å²) in [5.41, 5.74) is 1.04. The molecule has 0 heterocycles. The molecule has 0 saturated heterocycles. The zero-order valence-corrected chi connectivity index (χ0v) is 9.47. The first-order valence-electron chi connectivity index (χ1n) is 5.98. The summed E-state index contributed by atoms with van der Waals surface area (Å²) in [6.07, 6.45) is 11.5. The molecule has 1 unspecified atom stereocenters. The first-order valence-corrected chi connectivity index (χ1v) is 5.98. The number of nitrogens with one attached hydrogen (secondary N) is 1. The molecule has 2 rings (SSSR count). The highest BCUT2D eigenvalue weighted by Crippen LogP contribution is 2.41. The van der Waals surface area contributed by atoms with Crippen molar-refractivity contribution in [3.8, 4) is 11.8 Å². The van der Waals surface area contributed by atoms with Crippen molar-refractivity contribution >= 4 is 6.21 Å². The summed E-state index contributed by atoms with van der Waals surface area (Å²) in [5, 5.41) is 7.15. The Morgan fingerprint density at radius 1 is 1.47 bits per heavy atom. The highest BCUT2D eigenvalue weighted by molar-refractivity contribution is 5.87. The lowest BCUT2D eigenvalue weighted by Crippen LogP contribution is -2.05. The van der Waals surface area contributed by atoms with E-state index in [9.17, 15) is 0 Å². The first-order chi connectivity index (χ1) is 7.24. The molecule has 2 aliphatic carbocycles. The predicted octanol–water partition coefficient (Wildman–Crippen LogP) is 3.56. The third kappa shape index (κ3) is 2.50. The summed E-state index contributed by atoms with van der Waals surface area (Å²) in [6.45, 7) is 2.10. The molecule has 0 aromatic carbocycles. The van der Waals surface area contributed by atoms with Gasteiger partial charge in [0.05, 0.1) is 5.41 Å². The summed E-state index contributed by atoms with van der Waals surface area (Å²) < 4.78 is 0. The second kappa shape index (κ2) is 4.23. The fourth-order valence-corrected chi connectivity index (χ4v) is 2.35. The Morgan fingerprint density at radius 3 is 2.80 bits per heavy atom. The fourth-order valence-electron chi connectivity index (χ4n) is 2.35. The smallest absolute Gasteiger partial charge is 0.0733 e. The minimum Gasteiger partial charge on any atom is -0.308 e. The van der Waals surface area contributed by atoms with E-state index in [2.05, 4.69) is 24.8 Å². The van der Waals surface area contributed by atoms with Crippen molar-refractivity contribution in [2.75, 3.05) is 0 Å². The van der Waals surface area contributed by atoms with Crippen molar-refractivity contribution in [3.05, 3.63) is 11.6 Å². The number of allylic oxidation sites excluding steroid dienone is 2. The lowest BCUT2D eigenvalue weighted by Gasteiger charge is -2.18. The minimum absolute atomic E-state index is 0.0452. The second-order valence-corrected chi connectivity index (χ2v) is 4.96. The zero-order chi connectivity index (χ0) is 10.7. The average molecular weight is 201 g/mol. The van der Waals surface area contributed by atoms with Gasteiger partial charge in [0, 0.05) is 12.6 Å². The van der Waals surface area contributed by atoms with Gasteiger partial charge in [0.15, 0.2) is 0 Å². The standard InChI is InChI=1S/C14H19N/c1-14(10-13(14)11-15)9-5-8-12-6-3-2-4-7-12/h10-12,15H,2-4,6-8H2,1H3. The normalized spacial score (nSPS) is 30.1. The molecular formula is C14H19N. The molecule has 1 atom stereocenters. The van der Waals surface area contributed by atoms with Gasteiger partial charge >= 0.3 is 0 Å². The van der Waals surface area contributed by atoms with Gasteiger partial charge < -0.3 is 5.41 Å². The minimum atomic E-state index is -0.0452.